The fourth-order valence-electron chi connectivity index (χ4n) is 2.34. The van der Waals surface area contributed by atoms with E-state index < -0.39 is 12.2 Å². The van der Waals surface area contributed by atoms with Crippen molar-refractivity contribution in [3.63, 3.8) is 0 Å². The minimum atomic E-state index is -4.67. The Hall–Kier alpha value is -1.54. The van der Waals surface area contributed by atoms with Crippen LogP contribution in [0.1, 0.15) is 5.56 Å². The molecule has 1 aromatic carbocycles. The minimum Gasteiger partial charge on any atom is -0.421 e. The second-order valence-corrected chi connectivity index (χ2v) is 5.04. The number of benzene rings is 1. The minimum absolute atomic E-state index is 0.362. The normalized spacial score (nSPS) is 23.8. The number of rotatable bonds is 2. The van der Waals surface area contributed by atoms with Crippen molar-refractivity contribution in [1.29, 1.82) is 0 Å². The largest absolute Gasteiger partial charge is 0.507 e. The van der Waals surface area contributed by atoms with Gasteiger partial charge in [0.1, 0.15) is 0 Å². The fourth-order valence-corrected chi connectivity index (χ4v) is 2.34. The molecule has 1 fully saturated rings. The standard InChI is InChI=1S/C13H14F4N2O2/c14-12(15)13(16,17)21-11-7-9(1-2-10(11)20-12)8-19-5-3-18-4-6-19/h1-2,7,18H,3-6,8H2. The Bertz CT molecular complexity index is 533. The van der Waals surface area contributed by atoms with Gasteiger partial charge in [-0.2, -0.15) is 17.6 Å². The van der Waals surface area contributed by atoms with Crippen LogP contribution in [0.5, 0.6) is 11.5 Å². The number of piperazine rings is 1. The third kappa shape index (κ3) is 2.77. The van der Waals surface area contributed by atoms with Crippen molar-refractivity contribution >= 4 is 0 Å². The molecule has 0 spiro atoms. The molecular weight excluding hydrogens is 292 g/mol. The van der Waals surface area contributed by atoms with Crippen molar-refractivity contribution in [3.8, 4) is 11.5 Å². The highest BCUT2D eigenvalue weighted by Crippen LogP contribution is 2.47. The van der Waals surface area contributed by atoms with E-state index in [1.165, 1.54) is 12.1 Å². The summed E-state index contributed by atoms with van der Waals surface area (Å²) in [6.45, 7) is 3.93. The van der Waals surface area contributed by atoms with Gasteiger partial charge >= 0.3 is 12.2 Å². The molecule has 0 aliphatic carbocycles. The third-order valence-corrected chi connectivity index (χ3v) is 3.44. The third-order valence-electron chi connectivity index (χ3n) is 3.44. The van der Waals surface area contributed by atoms with Crippen LogP contribution in [-0.2, 0) is 6.54 Å². The first-order valence-corrected chi connectivity index (χ1v) is 6.57. The molecule has 0 bridgehead atoms. The molecule has 0 amide bonds. The molecule has 116 valence electrons. The Balaban J connectivity index is 1.79. The van der Waals surface area contributed by atoms with E-state index in [9.17, 15) is 17.6 Å². The maximum Gasteiger partial charge on any atom is 0.507 e. The molecule has 2 heterocycles. The summed E-state index contributed by atoms with van der Waals surface area (Å²) in [6.07, 6.45) is -9.34. The lowest BCUT2D eigenvalue weighted by atomic mass is 10.1. The van der Waals surface area contributed by atoms with Crippen LogP contribution in [0.15, 0.2) is 18.2 Å². The van der Waals surface area contributed by atoms with E-state index >= 15 is 0 Å². The van der Waals surface area contributed by atoms with Crippen LogP contribution in [0.2, 0.25) is 0 Å². The summed E-state index contributed by atoms with van der Waals surface area (Å²) in [7, 11) is 0. The molecule has 0 atom stereocenters. The van der Waals surface area contributed by atoms with Gasteiger partial charge in [-0.15, -0.1) is 0 Å². The van der Waals surface area contributed by atoms with Gasteiger partial charge in [-0.25, -0.2) is 0 Å². The molecule has 0 radical (unpaired) electrons. The first-order valence-electron chi connectivity index (χ1n) is 6.57. The molecule has 0 aromatic heterocycles. The molecular formula is C13H14F4N2O2. The predicted octanol–water partition coefficient (Wildman–Crippen LogP) is 2.05. The van der Waals surface area contributed by atoms with E-state index in [1.807, 2.05) is 0 Å². The molecule has 0 saturated carbocycles. The number of ether oxygens (including phenoxy) is 2. The van der Waals surface area contributed by atoms with E-state index in [0.29, 0.717) is 12.1 Å². The van der Waals surface area contributed by atoms with Crippen LogP contribution < -0.4 is 14.8 Å². The van der Waals surface area contributed by atoms with Gasteiger partial charge in [-0.1, -0.05) is 6.07 Å². The van der Waals surface area contributed by atoms with Gasteiger partial charge in [-0.3, -0.25) is 4.90 Å². The van der Waals surface area contributed by atoms with E-state index in [1.54, 1.807) is 6.07 Å². The molecule has 8 heteroatoms. The van der Waals surface area contributed by atoms with Crippen LogP contribution in [0, 0.1) is 0 Å². The summed E-state index contributed by atoms with van der Waals surface area (Å²) in [5.74, 6) is -0.742. The highest BCUT2D eigenvalue weighted by atomic mass is 19.3. The zero-order valence-electron chi connectivity index (χ0n) is 11.0. The second-order valence-electron chi connectivity index (χ2n) is 5.04. The van der Waals surface area contributed by atoms with Crippen molar-refractivity contribution in [3.05, 3.63) is 23.8 Å². The van der Waals surface area contributed by atoms with Gasteiger partial charge in [0.25, 0.3) is 0 Å². The highest BCUT2D eigenvalue weighted by molar-refractivity contribution is 5.44. The topological polar surface area (TPSA) is 33.7 Å². The van der Waals surface area contributed by atoms with E-state index in [4.69, 9.17) is 0 Å². The molecule has 4 nitrogen and oxygen atoms in total. The molecule has 2 aliphatic rings. The number of hydrogen-bond donors (Lipinski definition) is 1. The lowest BCUT2D eigenvalue weighted by Gasteiger charge is -2.32. The monoisotopic (exact) mass is 306 g/mol. The van der Waals surface area contributed by atoms with Crippen LogP contribution in [0.3, 0.4) is 0 Å². The highest BCUT2D eigenvalue weighted by Gasteiger charge is 2.65. The SMILES string of the molecule is FC1(F)Oc2ccc(CN3CCNCC3)cc2OC1(F)F. The Labute approximate surface area is 118 Å². The summed E-state index contributed by atoms with van der Waals surface area (Å²) < 4.78 is 60.5. The van der Waals surface area contributed by atoms with E-state index in [0.717, 1.165) is 26.2 Å². The van der Waals surface area contributed by atoms with E-state index in [-0.39, 0.29) is 11.5 Å². The summed E-state index contributed by atoms with van der Waals surface area (Å²) >= 11 is 0. The summed E-state index contributed by atoms with van der Waals surface area (Å²) in [4.78, 5) is 2.13. The Morgan fingerprint density at radius 1 is 1.00 bits per heavy atom. The quantitative estimate of drug-likeness (QED) is 0.848. The first-order chi connectivity index (χ1) is 9.87. The fraction of sp³-hybridized carbons (Fsp3) is 0.538. The van der Waals surface area contributed by atoms with Crippen molar-refractivity contribution in [2.45, 2.75) is 18.8 Å². The number of halogens is 4. The second kappa shape index (κ2) is 5.03. The summed E-state index contributed by atoms with van der Waals surface area (Å²) in [6, 6.07) is 4.13. The molecule has 3 rings (SSSR count). The Kier molecular flexibility index (Phi) is 3.45. The summed E-state index contributed by atoms with van der Waals surface area (Å²) in [5.41, 5.74) is 0.709. The molecule has 21 heavy (non-hydrogen) atoms. The first kappa shape index (κ1) is 14.4. The number of nitrogens with zero attached hydrogens (tertiary/aromatic N) is 1. The number of nitrogens with one attached hydrogen (secondary N) is 1. The lowest BCUT2D eigenvalue weighted by molar-refractivity contribution is -0.391. The van der Waals surface area contributed by atoms with Gasteiger partial charge in [0, 0.05) is 32.7 Å². The predicted molar refractivity (Wildman–Crippen MR) is 65.7 cm³/mol. The zero-order chi connectivity index (χ0) is 15.1. The zero-order valence-corrected chi connectivity index (χ0v) is 11.0. The average Bonchev–Trinajstić information content (AvgIpc) is 2.41. The van der Waals surface area contributed by atoms with Gasteiger partial charge in [0.15, 0.2) is 11.5 Å². The number of fused-ring (bicyclic) bond motifs is 1. The van der Waals surface area contributed by atoms with Crippen molar-refractivity contribution < 1.29 is 27.0 Å². The van der Waals surface area contributed by atoms with Crippen LogP contribution in [0.4, 0.5) is 17.6 Å². The van der Waals surface area contributed by atoms with Gasteiger partial charge in [0.2, 0.25) is 0 Å². The smallest absolute Gasteiger partial charge is 0.421 e. The average molecular weight is 306 g/mol. The number of hydrogen-bond acceptors (Lipinski definition) is 4. The van der Waals surface area contributed by atoms with Crippen LogP contribution in [-0.4, -0.2) is 43.3 Å². The Morgan fingerprint density at radius 3 is 2.29 bits per heavy atom. The molecule has 1 saturated heterocycles. The number of alkyl halides is 4. The maximum absolute atomic E-state index is 13.1. The molecule has 1 aromatic rings. The Morgan fingerprint density at radius 2 is 1.62 bits per heavy atom. The summed E-state index contributed by atoms with van der Waals surface area (Å²) in [5, 5.41) is 3.20. The van der Waals surface area contributed by atoms with E-state index in [2.05, 4.69) is 19.7 Å². The molecule has 1 N–H and O–H groups in total. The van der Waals surface area contributed by atoms with Crippen LogP contribution >= 0.6 is 0 Å². The maximum atomic E-state index is 13.1. The lowest BCUT2D eigenvalue weighted by Crippen LogP contribution is -2.52. The van der Waals surface area contributed by atoms with Crippen molar-refractivity contribution in [2.75, 3.05) is 26.2 Å². The van der Waals surface area contributed by atoms with Crippen molar-refractivity contribution in [2.24, 2.45) is 0 Å². The van der Waals surface area contributed by atoms with Gasteiger partial charge in [-0.05, 0) is 17.7 Å². The van der Waals surface area contributed by atoms with Crippen LogP contribution in [0.25, 0.3) is 0 Å². The van der Waals surface area contributed by atoms with Gasteiger partial charge in [0.05, 0.1) is 0 Å². The van der Waals surface area contributed by atoms with Crippen molar-refractivity contribution in [1.82, 2.24) is 10.2 Å². The molecule has 2 aliphatic heterocycles. The van der Waals surface area contributed by atoms with Gasteiger partial charge < -0.3 is 14.8 Å². The molecule has 0 unspecified atom stereocenters.